The molecule has 2 heterocycles. The maximum absolute atomic E-state index is 12.4. The molecule has 1 aliphatic heterocycles. The second-order valence-electron chi connectivity index (χ2n) is 12.0. The number of carboxylic acids is 3. The number of fused-ring (bicyclic) bond motifs is 1. The van der Waals surface area contributed by atoms with E-state index in [-0.39, 0.29) is 23.8 Å². The highest BCUT2D eigenvalue weighted by Gasteiger charge is 2.40. The fraction of sp³-hybridized carbons (Fsp3) is 0.581. The van der Waals surface area contributed by atoms with Crippen molar-refractivity contribution in [1.29, 1.82) is 0 Å². The molecule has 6 N–H and O–H groups in total. The van der Waals surface area contributed by atoms with E-state index < -0.39 is 36.4 Å². The Morgan fingerprint density at radius 1 is 0.932 bits per heavy atom. The van der Waals surface area contributed by atoms with Gasteiger partial charge in [0.05, 0.1) is 12.8 Å². The molecule has 2 aromatic rings. The quantitative estimate of drug-likeness (QED) is 0.205. The summed E-state index contributed by atoms with van der Waals surface area (Å²) in [6.07, 6.45) is 6.38. The first-order valence-electron chi connectivity index (χ1n) is 15.1. The fourth-order valence-corrected chi connectivity index (χ4v) is 5.80. The molecule has 0 spiro atoms. The highest BCUT2D eigenvalue weighted by atomic mass is 16.4. The zero-order valence-corrected chi connectivity index (χ0v) is 25.3. The number of nitrogens with one attached hydrogen (secondary N) is 2. The number of benzene rings is 1. The van der Waals surface area contributed by atoms with Crippen molar-refractivity contribution in [2.75, 3.05) is 13.1 Å². The van der Waals surface area contributed by atoms with Crippen molar-refractivity contribution in [1.82, 2.24) is 20.1 Å². The Morgan fingerprint density at radius 3 is 2.07 bits per heavy atom. The largest absolute Gasteiger partial charge is 0.481 e. The molecule has 2 fully saturated rings. The number of para-hydroxylation sites is 1. The van der Waals surface area contributed by atoms with Gasteiger partial charge in [-0.25, -0.2) is 4.79 Å². The molecule has 1 saturated carbocycles. The average molecular weight is 617 g/mol. The van der Waals surface area contributed by atoms with E-state index in [0.717, 1.165) is 50.8 Å². The monoisotopic (exact) mass is 616 g/mol. The molecule has 13 heteroatoms. The number of hydrogen-bond donors (Lipinski definition) is 6. The van der Waals surface area contributed by atoms with Gasteiger partial charge in [-0.15, -0.1) is 0 Å². The highest BCUT2D eigenvalue weighted by Crippen LogP contribution is 2.26. The zero-order valence-electron chi connectivity index (χ0n) is 25.3. The predicted molar refractivity (Wildman–Crippen MR) is 161 cm³/mol. The van der Waals surface area contributed by atoms with Crippen LogP contribution in [0.5, 0.6) is 0 Å². The van der Waals surface area contributed by atoms with Crippen molar-refractivity contribution in [2.24, 2.45) is 5.92 Å². The number of aliphatic hydroxyl groups is 1. The molecule has 4 rings (SSSR count). The lowest BCUT2D eigenvalue weighted by molar-refractivity contribution is -0.170. The third kappa shape index (κ3) is 10.1. The van der Waals surface area contributed by atoms with Gasteiger partial charge in [0.1, 0.15) is 6.54 Å². The molecular weight excluding hydrogens is 572 g/mol. The van der Waals surface area contributed by atoms with Gasteiger partial charge in [-0.1, -0.05) is 31.0 Å². The summed E-state index contributed by atoms with van der Waals surface area (Å²) in [5, 5.41) is 41.3. The van der Waals surface area contributed by atoms with Crippen molar-refractivity contribution < 1.29 is 44.4 Å². The number of carboxylic acid groups (broad SMARTS) is 3. The summed E-state index contributed by atoms with van der Waals surface area (Å²) in [7, 11) is 0. The summed E-state index contributed by atoms with van der Waals surface area (Å²) in [4.78, 5) is 57.7. The topological polar surface area (TPSA) is 198 Å². The van der Waals surface area contributed by atoms with Crippen molar-refractivity contribution in [3.63, 3.8) is 0 Å². The number of carbonyl (C=O) groups is 5. The summed E-state index contributed by atoms with van der Waals surface area (Å²) in [5.74, 6) is -4.45. The van der Waals surface area contributed by atoms with E-state index >= 15 is 0 Å². The number of amides is 2. The Bertz CT molecular complexity index is 1310. The molecule has 2 amide bonds. The third-order valence-corrected chi connectivity index (χ3v) is 7.97. The predicted octanol–water partition coefficient (Wildman–Crippen LogP) is 2.19. The SMILES string of the molecule is CC(C)NC(=O)Cn1cc(CN2CCC(NC(=O)C3CCCC3)CC2)c2ccccc21.O=C(O)CC(O)(CC(=O)O)C(=O)O. The molecule has 0 unspecified atom stereocenters. The van der Waals surface area contributed by atoms with Gasteiger partial charge < -0.3 is 35.6 Å². The minimum Gasteiger partial charge on any atom is -0.481 e. The minimum absolute atomic E-state index is 0.0427. The van der Waals surface area contributed by atoms with E-state index in [0.29, 0.717) is 12.6 Å². The normalized spacial score (nSPS) is 16.4. The molecular formula is C31H44N4O9. The van der Waals surface area contributed by atoms with Crippen molar-refractivity contribution in [3.05, 3.63) is 36.0 Å². The van der Waals surface area contributed by atoms with Gasteiger partial charge in [-0.3, -0.25) is 24.1 Å². The Balaban J connectivity index is 0.000000345. The van der Waals surface area contributed by atoms with Crippen LogP contribution >= 0.6 is 0 Å². The Morgan fingerprint density at radius 2 is 1.52 bits per heavy atom. The van der Waals surface area contributed by atoms with E-state index in [1.165, 1.54) is 23.8 Å². The van der Waals surface area contributed by atoms with Gasteiger partial charge >= 0.3 is 17.9 Å². The van der Waals surface area contributed by atoms with Crippen LogP contribution in [-0.2, 0) is 37.1 Å². The first-order chi connectivity index (χ1) is 20.8. The van der Waals surface area contributed by atoms with E-state index in [1.54, 1.807) is 0 Å². The Labute approximate surface area is 256 Å². The summed E-state index contributed by atoms with van der Waals surface area (Å²) in [6.45, 7) is 7.16. The highest BCUT2D eigenvalue weighted by molar-refractivity contribution is 5.88. The minimum atomic E-state index is -2.74. The molecule has 1 aromatic heterocycles. The lowest BCUT2D eigenvalue weighted by Crippen LogP contribution is -2.45. The van der Waals surface area contributed by atoms with Gasteiger partial charge in [-0.05, 0) is 51.2 Å². The molecule has 0 bridgehead atoms. The van der Waals surface area contributed by atoms with Gasteiger partial charge in [0.2, 0.25) is 11.8 Å². The summed E-state index contributed by atoms with van der Waals surface area (Å²) in [6, 6.07) is 8.79. The molecule has 2 aliphatic rings. The number of nitrogens with zero attached hydrogens (tertiary/aromatic N) is 2. The first kappa shape index (κ1) is 34.5. The van der Waals surface area contributed by atoms with E-state index in [4.69, 9.17) is 20.4 Å². The summed E-state index contributed by atoms with van der Waals surface area (Å²) >= 11 is 0. The van der Waals surface area contributed by atoms with Crippen molar-refractivity contribution in [3.8, 4) is 0 Å². The van der Waals surface area contributed by atoms with Gasteiger partial charge in [0.25, 0.3) is 0 Å². The van der Waals surface area contributed by atoms with Crippen LogP contribution in [0, 0.1) is 5.92 Å². The Hall–Kier alpha value is -3.97. The standard InChI is InChI=1S/C25H36N4O2.C6H8O7/c1-18(2)26-24(30)17-29-16-20(22-9-5-6-10-23(22)29)15-28-13-11-21(12-14-28)27-25(31)19-7-3-4-8-19;7-3(8)1-6(13,5(11)12)2-4(9)10/h5-6,9-10,16,18-19,21H,3-4,7-8,11-15,17H2,1-2H3,(H,26,30)(H,27,31);13H,1-2H2,(H,7,8)(H,9,10)(H,11,12). The van der Waals surface area contributed by atoms with Crippen LogP contribution in [0.15, 0.2) is 30.5 Å². The van der Waals surface area contributed by atoms with Crippen LogP contribution in [0.1, 0.15) is 70.8 Å². The second-order valence-corrected chi connectivity index (χ2v) is 12.0. The molecule has 0 radical (unpaired) electrons. The second kappa shape index (κ2) is 15.7. The number of aliphatic carboxylic acids is 3. The van der Waals surface area contributed by atoms with Crippen LogP contribution in [0.25, 0.3) is 10.9 Å². The summed E-state index contributed by atoms with van der Waals surface area (Å²) < 4.78 is 2.07. The van der Waals surface area contributed by atoms with Gasteiger partial charge in [0, 0.05) is 54.7 Å². The number of rotatable bonds is 12. The van der Waals surface area contributed by atoms with Crippen molar-refractivity contribution in [2.45, 2.75) is 96.0 Å². The molecule has 1 saturated heterocycles. The van der Waals surface area contributed by atoms with Crippen LogP contribution in [-0.4, -0.2) is 90.4 Å². The van der Waals surface area contributed by atoms with E-state index in [9.17, 15) is 24.0 Å². The number of hydrogen-bond acceptors (Lipinski definition) is 7. The van der Waals surface area contributed by atoms with Gasteiger partial charge in [0.15, 0.2) is 5.60 Å². The fourth-order valence-electron chi connectivity index (χ4n) is 5.80. The van der Waals surface area contributed by atoms with Crippen LogP contribution < -0.4 is 10.6 Å². The smallest absolute Gasteiger partial charge is 0.336 e. The van der Waals surface area contributed by atoms with E-state index in [2.05, 4.69) is 44.5 Å². The molecule has 44 heavy (non-hydrogen) atoms. The summed E-state index contributed by atoms with van der Waals surface area (Å²) in [5.41, 5.74) is -0.367. The van der Waals surface area contributed by atoms with Crippen LogP contribution in [0.4, 0.5) is 0 Å². The number of likely N-dealkylation sites (tertiary alicyclic amines) is 1. The zero-order chi connectivity index (χ0) is 32.4. The van der Waals surface area contributed by atoms with Crippen LogP contribution in [0.3, 0.4) is 0 Å². The molecule has 1 aliphatic carbocycles. The van der Waals surface area contributed by atoms with Crippen LogP contribution in [0.2, 0.25) is 0 Å². The third-order valence-electron chi connectivity index (χ3n) is 7.97. The lowest BCUT2D eigenvalue weighted by atomic mass is 9.96. The number of carbonyl (C=O) groups excluding carboxylic acids is 2. The molecule has 0 atom stereocenters. The van der Waals surface area contributed by atoms with Crippen molar-refractivity contribution >= 4 is 40.6 Å². The maximum Gasteiger partial charge on any atom is 0.336 e. The van der Waals surface area contributed by atoms with Gasteiger partial charge in [-0.2, -0.15) is 0 Å². The lowest BCUT2D eigenvalue weighted by Gasteiger charge is -2.32. The molecule has 242 valence electrons. The van der Waals surface area contributed by atoms with E-state index in [1.807, 2.05) is 19.9 Å². The first-order valence-corrected chi connectivity index (χ1v) is 15.1. The average Bonchev–Trinajstić information content (AvgIpc) is 3.58. The number of piperidine rings is 1. The number of aromatic nitrogens is 1. The maximum atomic E-state index is 12.4. The Kier molecular flexibility index (Phi) is 12.3. The molecule has 13 nitrogen and oxygen atoms in total. The molecule has 1 aromatic carbocycles.